The highest BCUT2D eigenvalue weighted by Crippen LogP contribution is 2.30. The molecule has 3 nitrogen and oxygen atoms in total. The van der Waals surface area contributed by atoms with Crippen LogP contribution in [0.15, 0.2) is 36.7 Å². The van der Waals surface area contributed by atoms with E-state index in [2.05, 4.69) is 41.1 Å². The normalized spacial score (nSPS) is 15.7. The second-order valence-electron chi connectivity index (χ2n) is 6.07. The quantitative estimate of drug-likeness (QED) is 0.938. The lowest BCUT2D eigenvalue weighted by Crippen LogP contribution is -2.29. The molecule has 2 heterocycles. The fourth-order valence-corrected chi connectivity index (χ4v) is 3.07. The van der Waals surface area contributed by atoms with Gasteiger partial charge in [0.1, 0.15) is 0 Å². The van der Waals surface area contributed by atoms with Gasteiger partial charge in [0.2, 0.25) is 0 Å². The lowest BCUT2D eigenvalue weighted by molar-refractivity contribution is 0.686. The van der Waals surface area contributed by atoms with E-state index in [1.807, 2.05) is 19.3 Å². The topological polar surface area (TPSA) is 42.2 Å². The van der Waals surface area contributed by atoms with Gasteiger partial charge in [-0.2, -0.15) is 0 Å². The van der Waals surface area contributed by atoms with Gasteiger partial charge in [0.15, 0.2) is 0 Å². The molecule has 110 valence electrons. The Bertz CT molecular complexity index is 634. The van der Waals surface area contributed by atoms with E-state index in [4.69, 9.17) is 5.73 Å². The van der Waals surface area contributed by atoms with Gasteiger partial charge >= 0.3 is 0 Å². The van der Waals surface area contributed by atoms with Crippen molar-refractivity contribution in [1.82, 2.24) is 4.98 Å². The fourth-order valence-electron chi connectivity index (χ4n) is 3.07. The molecule has 1 aromatic heterocycles. The van der Waals surface area contributed by atoms with E-state index >= 15 is 0 Å². The fraction of sp³-hybridized carbons (Fsp3) is 0.389. The first kappa shape index (κ1) is 14.1. The minimum Gasteiger partial charge on any atom is -0.367 e. The highest BCUT2D eigenvalue weighted by Gasteiger charge is 2.18. The summed E-state index contributed by atoms with van der Waals surface area (Å²) in [6.45, 7) is 6.17. The van der Waals surface area contributed by atoms with Crippen LogP contribution >= 0.6 is 0 Å². The number of fused-ring (bicyclic) bond motifs is 1. The summed E-state index contributed by atoms with van der Waals surface area (Å²) in [6, 6.07) is 9.00. The zero-order valence-corrected chi connectivity index (χ0v) is 12.8. The average Bonchev–Trinajstić information content (AvgIpc) is 2.47. The van der Waals surface area contributed by atoms with Crippen LogP contribution in [0, 0.1) is 6.92 Å². The molecule has 1 aromatic carbocycles. The van der Waals surface area contributed by atoms with Gasteiger partial charge in [-0.25, -0.2) is 0 Å². The zero-order chi connectivity index (χ0) is 14.8. The molecule has 1 aliphatic rings. The van der Waals surface area contributed by atoms with E-state index in [1.165, 1.54) is 34.4 Å². The molecule has 2 aromatic rings. The van der Waals surface area contributed by atoms with Gasteiger partial charge in [0, 0.05) is 37.2 Å². The summed E-state index contributed by atoms with van der Waals surface area (Å²) in [5, 5.41) is 0. The van der Waals surface area contributed by atoms with Crippen molar-refractivity contribution in [3.05, 3.63) is 58.9 Å². The summed E-state index contributed by atoms with van der Waals surface area (Å²) >= 11 is 0. The van der Waals surface area contributed by atoms with Crippen molar-refractivity contribution in [1.29, 1.82) is 0 Å². The zero-order valence-electron chi connectivity index (χ0n) is 12.8. The second-order valence-corrected chi connectivity index (χ2v) is 6.07. The van der Waals surface area contributed by atoms with E-state index in [0.717, 1.165) is 19.5 Å². The maximum atomic E-state index is 6.00. The van der Waals surface area contributed by atoms with Crippen LogP contribution < -0.4 is 10.6 Å². The van der Waals surface area contributed by atoms with Gasteiger partial charge in [-0.3, -0.25) is 4.98 Å². The number of aryl methyl sites for hydroxylation is 2. The maximum absolute atomic E-state index is 6.00. The summed E-state index contributed by atoms with van der Waals surface area (Å²) in [5.74, 6) is 0. The van der Waals surface area contributed by atoms with Gasteiger partial charge in [0.05, 0.1) is 0 Å². The first-order valence-electron chi connectivity index (χ1n) is 7.67. The Labute approximate surface area is 126 Å². The molecule has 0 bridgehead atoms. The van der Waals surface area contributed by atoms with E-state index in [0.29, 0.717) is 0 Å². The van der Waals surface area contributed by atoms with Crippen molar-refractivity contribution in [3.63, 3.8) is 0 Å². The summed E-state index contributed by atoms with van der Waals surface area (Å²) < 4.78 is 0. The Kier molecular flexibility index (Phi) is 3.93. The van der Waals surface area contributed by atoms with E-state index in [-0.39, 0.29) is 6.04 Å². The van der Waals surface area contributed by atoms with E-state index in [9.17, 15) is 0 Å². The van der Waals surface area contributed by atoms with Crippen molar-refractivity contribution in [2.24, 2.45) is 5.73 Å². The molecule has 1 unspecified atom stereocenters. The number of nitrogens with two attached hydrogens (primary N) is 1. The molecule has 0 amide bonds. The number of pyridine rings is 1. The molecular formula is C18H23N3. The SMILES string of the molecule is Cc1cncc(CN2CCCc3cc(C(C)N)ccc32)c1. The van der Waals surface area contributed by atoms with Crippen LogP contribution in [-0.2, 0) is 13.0 Å². The van der Waals surface area contributed by atoms with Gasteiger partial charge in [0.25, 0.3) is 0 Å². The van der Waals surface area contributed by atoms with Crippen LogP contribution in [0.4, 0.5) is 5.69 Å². The number of rotatable bonds is 3. The van der Waals surface area contributed by atoms with Crippen molar-refractivity contribution < 1.29 is 0 Å². The van der Waals surface area contributed by atoms with Crippen molar-refractivity contribution in [2.75, 3.05) is 11.4 Å². The minimum absolute atomic E-state index is 0.103. The first-order valence-corrected chi connectivity index (χ1v) is 7.67. The number of anilines is 1. The Hall–Kier alpha value is -1.87. The lowest BCUT2D eigenvalue weighted by Gasteiger charge is -2.32. The molecule has 3 rings (SSSR count). The highest BCUT2D eigenvalue weighted by molar-refractivity contribution is 5.57. The number of hydrogen-bond acceptors (Lipinski definition) is 3. The minimum atomic E-state index is 0.103. The lowest BCUT2D eigenvalue weighted by atomic mass is 9.96. The van der Waals surface area contributed by atoms with Crippen LogP contribution in [0.3, 0.4) is 0 Å². The summed E-state index contributed by atoms with van der Waals surface area (Å²) in [6.07, 6.45) is 6.23. The largest absolute Gasteiger partial charge is 0.367 e. The molecule has 21 heavy (non-hydrogen) atoms. The average molecular weight is 281 g/mol. The van der Waals surface area contributed by atoms with E-state index in [1.54, 1.807) is 0 Å². The van der Waals surface area contributed by atoms with Crippen LogP contribution in [-0.4, -0.2) is 11.5 Å². The molecule has 0 saturated heterocycles. The van der Waals surface area contributed by atoms with Crippen molar-refractivity contribution >= 4 is 5.69 Å². The summed E-state index contributed by atoms with van der Waals surface area (Å²) in [5.41, 5.74) is 12.5. The van der Waals surface area contributed by atoms with Gasteiger partial charge < -0.3 is 10.6 Å². The smallest absolute Gasteiger partial charge is 0.0444 e. The maximum Gasteiger partial charge on any atom is 0.0444 e. The third kappa shape index (κ3) is 3.08. The van der Waals surface area contributed by atoms with E-state index < -0.39 is 0 Å². The molecule has 3 heteroatoms. The summed E-state index contributed by atoms with van der Waals surface area (Å²) in [7, 11) is 0. The van der Waals surface area contributed by atoms with Crippen LogP contribution in [0.2, 0.25) is 0 Å². The molecule has 1 atom stereocenters. The van der Waals surface area contributed by atoms with Gasteiger partial charge in [-0.15, -0.1) is 0 Å². The number of aromatic nitrogens is 1. The molecule has 1 aliphatic heterocycles. The third-order valence-corrected chi connectivity index (χ3v) is 4.15. The predicted octanol–water partition coefficient (Wildman–Crippen LogP) is 3.36. The van der Waals surface area contributed by atoms with Crippen LogP contribution in [0.5, 0.6) is 0 Å². The molecule has 0 saturated carbocycles. The van der Waals surface area contributed by atoms with Crippen LogP contribution in [0.25, 0.3) is 0 Å². The number of benzene rings is 1. The molecule has 0 spiro atoms. The number of hydrogen-bond donors (Lipinski definition) is 1. The predicted molar refractivity (Wildman–Crippen MR) is 87.4 cm³/mol. The van der Waals surface area contributed by atoms with Gasteiger partial charge in [-0.1, -0.05) is 18.2 Å². The highest BCUT2D eigenvalue weighted by atomic mass is 15.1. The Morgan fingerprint density at radius 1 is 1.29 bits per heavy atom. The Morgan fingerprint density at radius 3 is 2.90 bits per heavy atom. The number of nitrogens with zero attached hydrogens (tertiary/aromatic N) is 2. The molecule has 2 N–H and O–H groups in total. The van der Waals surface area contributed by atoms with Gasteiger partial charge in [-0.05, 0) is 55.0 Å². The van der Waals surface area contributed by atoms with Crippen LogP contribution in [0.1, 0.15) is 41.6 Å². The molecule has 0 fully saturated rings. The first-order chi connectivity index (χ1) is 10.1. The Balaban J connectivity index is 1.86. The van der Waals surface area contributed by atoms with Crippen molar-refractivity contribution in [2.45, 2.75) is 39.3 Å². The standard InChI is InChI=1S/C18H23N3/c1-13-8-15(11-20-10-13)12-21-7-3-4-17-9-16(14(2)19)5-6-18(17)21/h5-6,8-11,14H,3-4,7,12,19H2,1-2H3. The second kappa shape index (κ2) is 5.86. The monoisotopic (exact) mass is 281 g/mol. The molecule has 0 radical (unpaired) electrons. The van der Waals surface area contributed by atoms with Crippen molar-refractivity contribution in [3.8, 4) is 0 Å². The molecule has 0 aliphatic carbocycles. The Morgan fingerprint density at radius 2 is 2.14 bits per heavy atom. The molecular weight excluding hydrogens is 258 g/mol. The summed E-state index contributed by atoms with van der Waals surface area (Å²) in [4.78, 5) is 6.76. The third-order valence-electron chi connectivity index (χ3n) is 4.15.